The van der Waals surface area contributed by atoms with E-state index in [-0.39, 0.29) is 30.0 Å². The summed E-state index contributed by atoms with van der Waals surface area (Å²) in [6.45, 7) is 5.19. The summed E-state index contributed by atoms with van der Waals surface area (Å²) in [4.78, 5) is 28.7. The summed E-state index contributed by atoms with van der Waals surface area (Å²) in [5.74, 6) is -0.108. The van der Waals surface area contributed by atoms with Crippen LogP contribution in [0, 0.1) is 11.7 Å². The fourth-order valence-electron chi connectivity index (χ4n) is 3.71. The van der Waals surface area contributed by atoms with Gasteiger partial charge in [0, 0.05) is 38.1 Å². The predicted molar refractivity (Wildman–Crippen MR) is 93.5 cm³/mol. The third-order valence-corrected chi connectivity index (χ3v) is 5.22. The van der Waals surface area contributed by atoms with E-state index in [1.54, 1.807) is 23.1 Å². The largest absolute Gasteiger partial charge is 0.339 e. The number of amides is 2. The SMILES string of the molecule is C[C@H]1C[C@@H](C(=O)N2CCN(C(=O)Cc3ccccc3F)CC2)CCN1. The third-order valence-electron chi connectivity index (χ3n) is 5.22. The molecule has 0 bridgehead atoms. The number of benzene rings is 1. The molecule has 2 aliphatic rings. The second-order valence-electron chi connectivity index (χ2n) is 7.05. The Hall–Kier alpha value is -1.95. The molecule has 1 aromatic rings. The molecule has 2 fully saturated rings. The second kappa shape index (κ2) is 7.95. The molecule has 0 saturated carbocycles. The number of hydrogen-bond acceptors (Lipinski definition) is 3. The molecule has 3 rings (SSSR count). The molecular formula is C19H26FN3O2. The van der Waals surface area contributed by atoms with Crippen LogP contribution in [0.25, 0.3) is 0 Å². The average Bonchev–Trinajstić information content (AvgIpc) is 2.63. The molecule has 0 aliphatic carbocycles. The van der Waals surface area contributed by atoms with Gasteiger partial charge < -0.3 is 15.1 Å². The fourth-order valence-corrected chi connectivity index (χ4v) is 3.71. The minimum Gasteiger partial charge on any atom is -0.339 e. The smallest absolute Gasteiger partial charge is 0.227 e. The molecule has 25 heavy (non-hydrogen) atoms. The van der Waals surface area contributed by atoms with Crippen molar-refractivity contribution in [2.45, 2.75) is 32.2 Å². The van der Waals surface area contributed by atoms with Gasteiger partial charge in [-0.05, 0) is 37.9 Å². The van der Waals surface area contributed by atoms with Gasteiger partial charge in [-0.1, -0.05) is 18.2 Å². The molecule has 0 aromatic heterocycles. The molecule has 0 unspecified atom stereocenters. The summed E-state index contributed by atoms with van der Waals surface area (Å²) >= 11 is 0. The van der Waals surface area contributed by atoms with Crippen LogP contribution in [-0.4, -0.2) is 60.4 Å². The summed E-state index contributed by atoms with van der Waals surface area (Å²) in [6, 6.07) is 6.76. The molecule has 6 heteroatoms. The second-order valence-corrected chi connectivity index (χ2v) is 7.05. The number of carbonyl (C=O) groups is 2. The van der Waals surface area contributed by atoms with Crippen molar-refractivity contribution in [3.63, 3.8) is 0 Å². The molecule has 2 amide bonds. The molecule has 1 aromatic carbocycles. The molecule has 2 atom stereocenters. The molecular weight excluding hydrogens is 321 g/mol. The Balaban J connectivity index is 1.50. The first-order valence-electron chi connectivity index (χ1n) is 9.08. The van der Waals surface area contributed by atoms with Crippen LogP contribution in [0.2, 0.25) is 0 Å². The zero-order valence-corrected chi connectivity index (χ0v) is 14.7. The lowest BCUT2D eigenvalue weighted by atomic mass is 9.92. The van der Waals surface area contributed by atoms with Crippen LogP contribution < -0.4 is 5.32 Å². The summed E-state index contributed by atoms with van der Waals surface area (Å²) in [6.07, 6.45) is 1.84. The minimum absolute atomic E-state index is 0.0758. The highest BCUT2D eigenvalue weighted by Gasteiger charge is 2.31. The third kappa shape index (κ3) is 4.37. The Morgan fingerprint density at radius 3 is 2.52 bits per heavy atom. The molecule has 0 spiro atoms. The van der Waals surface area contributed by atoms with Crippen molar-refractivity contribution >= 4 is 11.8 Å². The van der Waals surface area contributed by atoms with E-state index in [0.29, 0.717) is 37.8 Å². The lowest BCUT2D eigenvalue weighted by Crippen LogP contribution is -2.53. The van der Waals surface area contributed by atoms with E-state index in [1.165, 1.54) is 6.07 Å². The van der Waals surface area contributed by atoms with Crippen LogP contribution in [0.1, 0.15) is 25.3 Å². The average molecular weight is 347 g/mol. The number of halogens is 1. The number of hydrogen-bond donors (Lipinski definition) is 1. The lowest BCUT2D eigenvalue weighted by Gasteiger charge is -2.38. The molecule has 2 aliphatic heterocycles. The summed E-state index contributed by atoms with van der Waals surface area (Å²) in [5.41, 5.74) is 0.426. The Bertz CT molecular complexity index is 629. The summed E-state index contributed by atoms with van der Waals surface area (Å²) < 4.78 is 13.7. The number of carbonyl (C=O) groups excluding carboxylic acids is 2. The van der Waals surface area contributed by atoms with Crippen LogP contribution in [-0.2, 0) is 16.0 Å². The topological polar surface area (TPSA) is 52.7 Å². The van der Waals surface area contributed by atoms with Gasteiger partial charge >= 0.3 is 0 Å². The normalized spacial score (nSPS) is 24.2. The number of rotatable bonds is 3. The molecule has 5 nitrogen and oxygen atoms in total. The van der Waals surface area contributed by atoms with Gasteiger partial charge in [0.25, 0.3) is 0 Å². The van der Waals surface area contributed by atoms with Crippen LogP contribution in [0.3, 0.4) is 0 Å². The van der Waals surface area contributed by atoms with Crippen molar-refractivity contribution in [3.05, 3.63) is 35.6 Å². The van der Waals surface area contributed by atoms with Crippen LogP contribution in [0.4, 0.5) is 4.39 Å². The highest BCUT2D eigenvalue weighted by atomic mass is 19.1. The number of nitrogens with zero attached hydrogens (tertiary/aromatic N) is 2. The molecule has 136 valence electrons. The fraction of sp³-hybridized carbons (Fsp3) is 0.579. The van der Waals surface area contributed by atoms with Crippen molar-refractivity contribution in [2.75, 3.05) is 32.7 Å². The zero-order valence-electron chi connectivity index (χ0n) is 14.7. The standard InChI is InChI=1S/C19H26FN3O2/c1-14-12-16(6-7-21-14)19(25)23-10-8-22(9-11-23)18(24)13-15-4-2-3-5-17(15)20/h2-5,14,16,21H,6-13H2,1H3/t14-,16-/m0/s1. The van der Waals surface area contributed by atoms with E-state index in [2.05, 4.69) is 12.2 Å². The number of piperidine rings is 1. The van der Waals surface area contributed by atoms with Gasteiger partial charge in [-0.15, -0.1) is 0 Å². The van der Waals surface area contributed by atoms with Crippen LogP contribution in [0.15, 0.2) is 24.3 Å². The van der Waals surface area contributed by atoms with E-state index in [0.717, 1.165) is 19.4 Å². The van der Waals surface area contributed by atoms with E-state index >= 15 is 0 Å². The van der Waals surface area contributed by atoms with E-state index < -0.39 is 0 Å². The maximum Gasteiger partial charge on any atom is 0.227 e. The van der Waals surface area contributed by atoms with E-state index in [1.807, 2.05) is 4.90 Å². The van der Waals surface area contributed by atoms with Crippen LogP contribution >= 0.6 is 0 Å². The summed E-state index contributed by atoms with van der Waals surface area (Å²) in [7, 11) is 0. The predicted octanol–water partition coefficient (Wildman–Crippen LogP) is 1.43. The number of nitrogens with one attached hydrogen (secondary N) is 1. The maximum atomic E-state index is 13.7. The first kappa shape index (κ1) is 17.9. The van der Waals surface area contributed by atoms with E-state index in [9.17, 15) is 14.0 Å². The van der Waals surface area contributed by atoms with Gasteiger partial charge in [-0.3, -0.25) is 9.59 Å². The maximum absolute atomic E-state index is 13.7. The van der Waals surface area contributed by atoms with Gasteiger partial charge in [0.2, 0.25) is 11.8 Å². The Labute approximate surface area is 148 Å². The first-order chi connectivity index (χ1) is 12.0. The van der Waals surface area contributed by atoms with Crippen molar-refractivity contribution in [3.8, 4) is 0 Å². The lowest BCUT2D eigenvalue weighted by molar-refractivity contribution is -0.142. The monoisotopic (exact) mass is 347 g/mol. The Kier molecular flexibility index (Phi) is 5.68. The van der Waals surface area contributed by atoms with Gasteiger partial charge in [0.1, 0.15) is 5.82 Å². The molecule has 0 radical (unpaired) electrons. The number of piperazine rings is 1. The Morgan fingerprint density at radius 1 is 1.16 bits per heavy atom. The van der Waals surface area contributed by atoms with Gasteiger partial charge in [-0.25, -0.2) is 4.39 Å². The van der Waals surface area contributed by atoms with Crippen molar-refractivity contribution in [1.29, 1.82) is 0 Å². The van der Waals surface area contributed by atoms with Crippen molar-refractivity contribution in [1.82, 2.24) is 15.1 Å². The molecule has 2 saturated heterocycles. The Morgan fingerprint density at radius 2 is 1.84 bits per heavy atom. The van der Waals surface area contributed by atoms with Crippen molar-refractivity contribution in [2.24, 2.45) is 5.92 Å². The molecule has 2 heterocycles. The van der Waals surface area contributed by atoms with Crippen molar-refractivity contribution < 1.29 is 14.0 Å². The van der Waals surface area contributed by atoms with Gasteiger partial charge in [0.05, 0.1) is 6.42 Å². The quantitative estimate of drug-likeness (QED) is 0.900. The van der Waals surface area contributed by atoms with Gasteiger partial charge in [0.15, 0.2) is 0 Å². The highest BCUT2D eigenvalue weighted by Crippen LogP contribution is 2.20. The first-order valence-corrected chi connectivity index (χ1v) is 9.08. The highest BCUT2D eigenvalue weighted by molar-refractivity contribution is 5.81. The molecule has 1 N–H and O–H groups in total. The van der Waals surface area contributed by atoms with E-state index in [4.69, 9.17) is 0 Å². The summed E-state index contributed by atoms with van der Waals surface area (Å²) in [5, 5.41) is 3.37. The zero-order chi connectivity index (χ0) is 17.8. The van der Waals surface area contributed by atoms with Gasteiger partial charge in [-0.2, -0.15) is 0 Å². The van der Waals surface area contributed by atoms with Crippen LogP contribution in [0.5, 0.6) is 0 Å². The minimum atomic E-state index is -0.343.